The number of carbonyl (C=O) groups excluding carboxylic acids is 2. The number of hydrogen-bond acceptors (Lipinski definition) is 3. The van der Waals surface area contributed by atoms with Crippen molar-refractivity contribution in [2.24, 2.45) is 0 Å². The van der Waals surface area contributed by atoms with Crippen LogP contribution in [0.15, 0.2) is 109 Å². The maximum atomic E-state index is 12.7. The minimum Gasteiger partial charge on any atom is -0.480 e. The van der Waals surface area contributed by atoms with Gasteiger partial charge in [-0.1, -0.05) is 72.8 Å². The molecule has 1 aromatic heterocycles. The Kier molecular flexibility index (Phi) is 7.50. The van der Waals surface area contributed by atoms with Crippen LogP contribution in [0.4, 0.5) is 5.69 Å². The molecule has 5 rings (SSSR count). The molecular weight excluding hydrogens is 490 g/mol. The van der Waals surface area contributed by atoms with Gasteiger partial charge < -0.3 is 20.7 Å². The average molecular weight is 518 g/mol. The zero-order chi connectivity index (χ0) is 27.2. The fourth-order valence-electron chi connectivity index (χ4n) is 4.51. The molecule has 4 aromatic carbocycles. The topological polar surface area (TPSA) is 111 Å². The van der Waals surface area contributed by atoms with Crippen LogP contribution < -0.4 is 10.6 Å². The van der Waals surface area contributed by atoms with E-state index in [4.69, 9.17) is 0 Å². The van der Waals surface area contributed by atoms with Crippen LogP contribution in [0.1, 0.15) is 21.5 Å². The summed E-state index contributed by atoms with van der Waals surface area (Å²) in [5.41, 5.74) is 5.65. The molecule has 1 heterocycles. The van der Waals surface area contributed by atoms with Crippen molar-refractivity contribution in [3.8, 4) is 11.1 Å². The van der Waals surface area contributed by atoms with Crippen LogP contribution >= 0.6 is 0 Å². The number of carboxylic acids is 1. The standard InChI is InChI=1S/C32H27N3O4/c36-30(19-25-20-33-28-9-5-4-8-27(25)28)34-26-16-14-23(15-17-26)22-10-12-24(13-11-22)31(37)35-29(32(38)39)18-21-6-2-1-3-7-21/h1-17,20,29,33H,18-19H2,(H,34,36)(H,35,37)(H,38,39). The maximum Gasteiger partial charge on any atom is 0.326 e. The lowest BCUT2D eigenvalue weighted by molar-refractivity contribution is -0.139. The van der Waals surface area contributed by atoms with Gasteiger partial charge in [0.1, 0.15) is 6.04 Å². The number of nitrogens with one attached hydrogen (secondary N) is 3. The highest BCUT2D eigenvalue weighted by molar-refractivity contribution is 5.97. The van der Waals surface area contributed by atoms with E-state index in [1.807, 2.05) is 97.2 Å². The Hall–Kier alpha value is -5.17. The summed E-state index contributed by atoms with van der Waals surface area (Å²) in [6.07, 6.45) is 2.33. The summed E-state index contributed by atoms with van der Waals surface area (Å²) >= 11 is 0. The van der Waals surface area contributed by atoms with Crippen molar-refractivity contribution in [3.05, 3.63) is 126 Å². The van der Waals surface area contributed by atoms with Crippen molar-refractivity contribution in [1.82, 2.24) is 10.3 Å². The van der Waals surface area contributed by atoms with Gasteiger partial charge in [0.2, 0.25) is 5.91 Å². The van der Waals surface area contributed by atoms with E-state index in [0.29, 0.717) is 11.3 Å². The van der Waals surface area contributed by atoms with E-state index < -0.39 is 17.9 Å². The van der Waals surface area contributed by atoms with Crippen LogP contribution in [-0.2, 0) is 22.4 Å². The molecule has 5 aromatic rings. The molecule has 0 spiro atoms. The second-order valence-electron chi connectivity index (χ2n) is 9.29. The van der Waals surface area contributed by atoms with E-state index >= 15 is 0 Å². The molecule has 0 saturated carbocycles. The zero-order valence-electron chi connectivity index (χ0n) is 21.1. The lowest BCUT2D eigenvalue weighted by Crippen LogP contribution is -2.42. The normalized spacial score (nSPS) is 11.6. The second kappa shape index (κ2) is 11.5. The number of carbonyl (C=O) groups is 3. The number of rotatable bonds is 9. The van der Waals surface area contributed by atoms with Gasteiger partial charge >= 0.3 is 5.97 Å². The van der Waals surface area contributed by atoms with E-state index in [1.54, 1.807) is 12.1 Å². The number of para-hydroxylation sites is 1. The predicted molar refractivity (Wildman–Crippen MR) is 152 cm³/mol. The molecule has 0 aliphatic heterocycles. The third kappa shape index (κ3) is 6.22. The monoisotopic (exact) mass is 517 g/mol. The molecule has 7 heteroatoms. The zero-order valence-corrected chi connectivity index (χ0v) is 21.1. The first-order chi connectivity index (χ1) is 19.0. The minimum atomic E-state index is -1.09. The average Bonchev–Trinajstić information content (AvgIpc) is 3.36. The molecule has 0 saturated heterocycles. The number of H-pyrrole nitrogens is 1. The van der Waals surface area contributed by atoms with Crippen molar-refractivity contribution in [2.45, 2.75) is 18.9 Å². The van der Waals surface area contributed by atoms with Crippen LogP contribution in [0.25, 0.3) is 22.0 Å². The van der Waals surface area contributed by atoms with Crippen LogP contribution in [0.3, 0.4) is 0 Å². The number of aliphatic carboxylic acids is 1. The highest BCUT2D eigenvalue weighted by atomic mass is 16.4. The highest BCUT2D eigenvalue weighted by Gasteiger charge is 2.21. The molecule has 194 valence electrons. The van der Waals surface area contributed by atoms with E-state index in [9.17, 15) is 19.5 Å². The highest BCUT2D eigenvalue weighted by Crippen LogP contribution is 2.23. The number of anilines is 1. The molecule has 0 bridgehead atoms. The van der Waals surface area contributed by atoms with Crippen LogP contribution in [0.2, 0.25) is 0 Å². The Morgan fingerprint density at radius 2 is 1.41 bits per heavy atom. The number of carboxylic acid groups (broad SMARTS) is 1. The number of benzene rings is 4. The van der Waals surface area contributed by atoms with Crippen molar-refractivity contribution in [1.29, 1.82) is 0 Å². The van der Waals surface area contributed by atoms with E-state index in [0.717, 1.165) is 33.2 Å². The van der Waals surface area contributed by atoms with Gasteiger partial charge in [0.25, 0.3) is 5.91 Å². The molecule has 0 aliphatic rings. The predicted octanol–water partition coefficient (Wildman–Crippen LogP) is 5.44. The van der Waals surface area contributed by atoms with Crippen molar-refractivity contribution in [3.63, 3.8) is 0 Å². The van der Waals surface area contributed by atoms with Crippen molar-refractivity contribution >= 4 is 34.4 Å². The fourth-order valence-corrected chi connectivity index (χ4v) is 4.51. The van der Waals surface area contributed by atoms with Gasteiger partial charge in [-0.3, -0.25) is 9.59 Å². The second-order valence-corrected chi connectivity index (χ2v) is 9.29. The Labute approximate surface area is 225 Å². The summed E-state index contributed by atoms with van der Waals surface area (Å²) in [4.78, 5) is 40.2. The molecule has 39 heavy (non-hydrogen) atoms. The summed E-state index contributed by atoms with van der Waals surface area (Å²) in [6.45, 7) is 0. The van der Waals surface area contributed by atoms with Crippen LogP contribution in [0.5, 0.6) is 0 Å². The third-order valence-electron chi connectivity index (χ3n) is 6.56. The molecule has 7 nitrogen and oxygen atoms in total. The SMILES string of the molecule is O=C(Cc1c[nH]c2ccccc12)Nc1ccc(-c2ccc(C(=O)NC(Cc3ccccc3)C(=O)O)cc2)cc1. The van der Waals surface area contributed by atoms with Gasteiger partial charge in [0.15, 0.2) is 0 Å². The lowest BCUT2D eigenvalue weighted by atomic mass is 10.0. The van der Waals surface area contributed by atoms with Gasteiger partial charge in [-0.2, -0.15) is 0 Å². The van der Waals surface area contributed by atoms with Gasteiger partial charge in [-0.05, 0) is 52.6 Å². The van der Waals surface area contributed by atoms with Crippen molar-refractivity contribution in [2.75, 3.05) is 5.32 Å². The number of aromatic nitrogens is 1. The van der Waals surface area contributed by atoms with Gasteiger partial charge in [-0.25, -0.2) is 4.79 Å². The van der Waals surface area contributed by atoms with Gasteiger partial charge in [0, 0.05) is 34.8 Å². The van der Waals surface area contributed by atoms with Crippen LogP contribution in [-0.4, -0.2) is 33.9 Å². The largest absolute Gasteiger partial charge is 0.480 e. The Morgan fingerprint density at radius 3 is 2.10 bits per heavy atom. The quantitative estimate of drug-likeness (QED) is 0.209. The van der Waals surface area contributed by atoms with Gasteiger partial charge in [-0.15, -0.1) is 0 Å². The Balaban J connectivity index is 1.19. The Morgan fingerprint density at radius 1 is 0.769 bits per heavy atom. The number of hydrogen-bond donors (Lipinski definition) is 4. The summed E-state index contributed by atoms with van der Waals surface area (Å²) in [5.74, 6) is -1.63. The number of fused-ring (bicyclic) bond motifs is 1. The molecular formula is C32H27N3O4. The van der Waals surface area contributed by atoms with E-state index in [1.165, 1.54) is 0 Å². The first-order valence-electron chi connectivity index (χ1n) is 12.6. The lowest BCUT2D eigenvalue weighted by Gasteiger charge is -2.15. The third-order valence-corrected chi connectivity index (χ3v) is 6.56. The van der Waals surface area contributed by atoms with E-state index in [-0.39, 0.29) is 18.7 Å². The fraction of sp³-hybridized carbons (Fsp3) is 0.0938. The number of aromatic amines is 1. The first-order valence-corrected chi connectivity index (χ1v) is 12.6. The smallest absolute Gasteiger partial charge is 0.326 e. The molecule has 1 atom stereocenters. The first kappa shape index (κ1) is 25.5. The van der Waals surface area contributed by atoms with Gasteiger partial charge in [0.05, 0.1) is 6.42 Å². The summed E-state index contributed by atoms with van der Waals surface area (Å²) in [6, 6.07) is 30.5. The minimum absolute atomic E-state index is 0.102. The molecule has 0 fully saturated rings. The summed E-state index contributed by atoms with van der Waals surface area (Å²) < 4.78 is 0. The summed E-state index contributed by atoms with van der Waals surface area (Å²) in [5, 5.41) is 16.1. The molecule has 0 aliphatic carbocycles. The van der Waals surface area contributed by atoms with Crippen molar-refractivity contribution < 1.29 is 19.5 Å². The van der Waals surface area contributed by atoms with Crippen LogP contribution in [0, 0.1) is 0 Å². The molecule has 4 N–H and O–H groups in total. The molecule has 1 unspecified atom stereocenters. The van der Waals surface area contributed by atoms with E-state index in [2.05, 4.69) is 15.6 Å². The maximum absolute atomic E-state index is 12.7. The molecule has 2 amide bonds. The Bertz CT molecular complexity index is 1610. The molecule has 0 radical (unpaired) electrons. The summed E-state index contributed by atoms with van der Waals surface area (Å²) in [7, 11) is 0. The number of amides is 2.